The van der Waals surface area contributed by atoms with Gasteiger partial charge in [-0.3, -0.25) is 9.52 Å². The molecular formula is C22H20F2N2O4S. The van der Waals surface area contributed by atoms with E-state index in [1.807, 2.05) is 13.0 Å². The van der Waals surface area contributed by atoms with Gasteiger partial charge in [0.1, 0.15) is 0 Å². The summed E-state index contributed by atoms with van der Waals surface area (Å²) in [5.74, 6) is -3.25. The summed E-state index contributed by atoms with van der Waals surface area (Å²) < 4.78 is 60.6. The zero-order valence-corrected chi connectivity index (χ0v) is 17.8. The number of amides is 1. The minimum absolute atomic E-state index is 0.00634. The highest BCUT2D eigenvalue weighted by Crippen LogP contribution is 2.26. The molecule has 0 saturated carbocycles. The molecule has 0 aliphatic carbocycles. The van der Waals surface area contributed by atoms with E-state index in [4.69, 9.17) is 0 Å². The summed E-state index contributed by atoms with van der Waals surface area (Å²) in [5.41, 5.74) is 1.57. The maximum absolute atomic E-state index is 13.9. The van der Waals surface area contributed by atoms with Crippen molar-refractivity contribution in [2.45, 2.75) is 18.7 Å². The van der Waals surface area contributed by atoms with Crippen LogP contribution in [-0.2, 0) is 10.0 Å². The summed E-state index contributed by atoms with van der Waals surface area (Å²) in [6.45, 7) is 3.43. The minimum Gasteiger partial charge on any atom is -0.491 e. The van der Waals surface area contributed by atoms with Gasteiger partial charge in [-0.05, 0) is 49.2 Å². The lowest BCUT2D eigenvalue weighted by Crippen LogP contribution is -2.17. The fourth-order valence-electron chi connectivity index (χ4n) is 2.98. The number of ether oxygens (including phenoxy) is 1. The first-order valence-corrected chi connectivity index (χ1v) is 10.6. The Morgan fingerprint density at radius 3 is 2.23 bits per heavy atom. The molecule has 31 heavy (non-hydrogen) atoms. The van der Waals surface area contributed by atoms with Crippen LogP contribution in [0.4, 0.5) is 20.2 Å². The van der Waals surface area contributed by atoms with E-state index in [0.29, 0.717) is 11.3 Å². The van der Waals surface area contributed by atoms with Gasteiger partial charge in [-0.25, -0.2) is 17.2 Å². The van der Waals surface area contributed by atoms with Gasteiger partial charge in [-0.15, -0.1) is 0 Å². The molecule has 0 atom stereocenters. The molecule has 3 aromatic carbocycles. The second-order valence-electron chi connectivity index (χ2n) is 6.88. The summed E-state index contributed by atoms with van der Waals surface area (Å²) in [4.78, 5) is 12.5. The van der Waals surface area contributed by atoms with Gasteiger partial charge in [0, 0.05) is 29.1 Å². The number of hydrogen-bond acceptors (Lipinski definition) is 4. The van der Waals surface area contributed by atoms with E-state index in [9.17, 15) is 22.0 Å². The van der Waals surface area contributed by atoms with Crippen LogP contribution in [0.3, 0.4) is 0 Å². The Hall–Kier alpha value is -3.46. The Balaban J connectivity index is 1.89. The zero-order valence-electron chi connectivity index (χ0n) is 17.0. The van der Waals surface area contributed by atoms with Gasteiger partial charge in [0.2, 0.25) is 0 Å². The van der Waals surface area contributed by atoms with Crippen molar-refractivity contribution in [1.29, 1.82) is 0 Å². The smallest absolute Gasteiger partial charge is 0.262 e. The Bertz CT molecular complexity index is 1240. The molecule has 6 nitrogen and oxygen atoms in total. The number of halogens is 2. The van der Waals surface area contributed by atoms with Gasteiger partial charge >= 0.3 is 0 Å². The predicted octanol–water partition coefficient (Wildman–Crippen LogP) is 4.64. The molecule has 162 valence electrons. The molecule has 0 aromatic heterocycles. The molecule has 1 amide bonds. The van der Waals surface area contributed by atoms with Crippen LogP contribution >= 0.6 is 0 Å². The number of methoxy groups -OCH3 is 1. The number of sulfonamides is 1. The van der Waals surface area contributed by atoms with Crippen LogP contribution in [0.15, 0.2) is 59.5 Å². The molecule has 0 spiro atoms. The number of nitrogens with one attached hydrogen (secondary N) is 2. The average molecular weight is 446 g/mol. The molecule has 0 bridgehead atoms. The lowest BCUT2D eigenvalue weighted by atomic mass is 10.1. The molecule has 0 heterocycles. The van der Waals surface area contributed by atoms with Crippen molar-refractivity contribution in [3.05, 3.63) is 82.9 Å². The summed E-state index contributed by atoms with van der Waals surface area (Å²) in [5, 5.41) is 2.36. The van der Waals surface area contributed by atoms with Gasteiger partial charge in [0.15, 0.2) is 17.4 Å². The maximum Gasteiger partial charge on any atom is 0.262 e. The molecule has 0 aliphatic heterocycles. The Morgan fingerprint density at radius 2 is 1.61 bits per heavy atom. The van der Waals surface area contributed by atoms with E-state index in [1.54, 1.807) is 25.1 Å². The first kappa shape index (κ1) is 22.2. The first-order valence-electron chi connectivity index (χ1n) is 9.15. The first-order chi connectivity index (χ1) is 14.6. The van der Waals surface area contributed by atoms with E-state index >= 15 is 0 Å². The topological polar surface area (TPSA) is 84.5 Å². The van der Waals surface area contributed by atoms with E-state index in [1.165, 1.54) is 18.2 Å². The molecule has 2 N–H and O–H groups in total. The molecular weight excluding hydrogens is 426 g/mol. The number of carbonyl (C=O) groups is 1. The van der Waals surface area contributed by atoms with Crippen molar-refractivity contribution in [2.75, 3.05) is 17.1 Å². The second kappa shape index (κ2) is 8.73. The lowest BCUT2D eigenvalue weighted by Gasteiger charge is -2.13. The van der Waals surface area contributed by atoms with Gasteiger partial charge in [0.25, 0.3) is 15.9 Å². The molecule has 0 fully saturated rings. The van der Waals surface area contributed by atoms with Crippen LogP contribution in [-0.4, -0.2) is 21.4 Å². The van der Waals surface area contributed by atoms with E-state index in [0.717, 1.165) is 24.8 Å². The van der Waals surface area contributed by atoms with Crippen molar-refractivity contribution >= 4 is 27.3 Å². The number of rotatable bonds is 6. The molecule has 3 rings (SSSR count). The van der Waals surface area contributed by atoms with E-state index < -0.39 is 33.3 Å². The number of aryl methyl sites for hydroxylation is 2. The van der Waals surface area contributed by atoms with Crippen LogP contribution in [0.25, 0.3) is 0 Å². The van der Waals surface area contributed by atoms with Crippen molar-refractivity contribution < 1.29 is 26.7 Å². The third-order valence-corrected chi connectivity index (χ3v) is 5.99. The van der Waals surface area contributed by atoms with Crippen LogP contribution < -0.4 is 14.8 Å². The molecule has 9 heteroatoms. The fourth-order valence-corrected chi connectivity index (χ4v) is 4.30. The summed E-state index contributed by atoms with van der Waals surface area (Å²) >= 11 is 0. The molecule has 0 unspecified atom stereocenters. The Kier molecular flexibility index (Phi) is 6.26. The summed E-state index contributed by atoms with van der Waals surface area (Å²) in [7, 11) is -2.85. The second-order valence-corrected chi connectivity index (χ2v) is 8.53. The monoisotopic (exact) mass is 446 g/mol. The highest BCUT2D eigenvalue weighted by molar-refractivity contribution is 7.92. The van der Waals surface area contributed by atoms with Gasteiger partial charge in [0.05, 0.1) is 12.0 Å². The van der Waals surface area contributed by atoms with Crippen LogP contribution in [0, 0.1) is 25.5 Å². The van der Waals surface area contributed by atoms with Crippen molar-refractivity contribution in [3.63, 3.8) is 0 Å². The SMILES string of the molecule is COc1c(F)cc(NC(=O)c2ccc(C)c(S(=O)(=O)Nc3cccc(C)c3)c2)cc1F. The highest BCUT2D eigenvalue weighted by atomic mass is 32.2. The number of anilines is 2. The van der Waals surface area contributed by atoms with E-state index in [2.05, 4.69) is 14.8 Å². The van der Waals surface area contributed by atoms with Gasteiger partial charge in [-0.1, -0.05) is 18.2 Å². The Labute approximate surface area is 178 Å². The average Bonchev–Trinajstić information content (AvgIpc) is 2.67. The third-order valence-electron chi connectivity index (χ3n) is 4.47. The van der Waals surface area contributed by atoms with Crippen molar-refractivity contribution in [1.82, 2.24) is 0 Å². The number of benzene rings is 3. The largest absolute Gasteiger partial charge is 0.491 e. The normalized spacial score (nSPS) is 11.1. The highest BCUT2D eigenvalue weighted by Gasteiger charge is 2.20. The molecule has 3 aromatic rings. The number of hydrogen-bond donors (Lipinski definition) is 2. The Morgan fingerprint density at radius 1 is 0.935 bits per heavy atom. The zero-order chi connectivity index (χ0) is 22.8. The van der Waals surface area contributed by atoms with Crippen LogP contribution in [0.5, 0.6) is 5.75 Å². The molecule has 0 saturated heterocycles. The number of carbonyl (C=O) groups excluding carboxylic acids is 1. The molecule has 0 radical (unpaired) electrons. The van der Waals surface area contributed by atoms with E-state index in [-0.39, 0.29) is 16.1 Å². The third kappa shape index (κ3) is 5.00. The quantitative estimate of drug-likeness (QED) is 0.578. The predicted molar refractivity (Wildman–Crippen MR) is 114 cm³/mol. The standard InChI is InChI=1S/C22H20F2N2O4S/c1-13-5-4-6-16(9-13)26-31(28,29)20-10-15(8-7-14(20)2)22(27)25-17-11-18(23)21(30-3)19(24)12-17/h4-12,26H,1-3H3,(H,25,27). The lowest BCUT2D eigenvalue weighted by molar-refractivity contribution is 0.102. The minimum atomic E-state index is -3.98. The summed E-state index contributed by atoms with van der Waals surface area (Å²) in [6, 6.07) is 12.8. The fraction of sp³-hybridized carbons (Fsp3) is 0.136. The molecule has 0 aliphatic rings. The van der Waals surface area contributed by atoms with Crippen LogP contribution in [0.2, 0.25) is 0 Å². The van der Waals surface area contributed by atoms with Crippen molar-refractivity contribution in [2.24, 2.45) is 0 Å². The summed E-state index contributed by atoms with van der Waals surface area (Å²) in [6.07, 6.45) is 0. The van der Waals surface area contributed by atoms with Gasteiger partial charge < -0.3 is 10.1 Å². The van der Waals surface area contributed by atoms with Crippen LogP contribution in [0.1, 0.15) is 21.5 Å². The van der Waals surface area contributed by atoms with Gasteiger partial charge in [-0.2, -0.15) is 0 Å². The van der Waals surface area contributed by atoms with Crippen molar-refractivity contribution in [3.8, 4) is 5.75 Å². The maximum atomic E-state index is 13.9.